The average molecular weight is 267 g/mol. The van der Waals surface area contributed by atoms with Gasteiger partial charge in [0.2, 0.25) is 5.91 Å². The molecule has 2 rings (SSSR count). The van der Waals surface area contributed by atoms with Crippen molar-refractivity contribution < 1.29 is 4.79 Å². The van der Waals surface area contributed by atoms with Crippen molar-refractivity contribution in [2.45, 2.75) is 45.6 Å². The van der Waals surface area contributed by atoms with Crippen molar-refractivity contribution in [3.63, 3.8) is 0 Å². The SMILES string of the molecule is CCN(CC1CCCNC1)C(C)C(=O)N1CCCC1. The fraction of sp³-hybridized carbons (Fsp3) is 0.933. The molecule has 0 bridgehead atoms. The molecular weight excluding hydrogens is 238 g/mol. The maximum absolute atomic E-state index is 12.5. The van der Waals surface area contributed by atoms with Crippen molar-refractivity contribution in [3.8, 4) is 0 Å². The van der Waals surface area contributed by atoms with Crippen LogP contribution in [0.4, 0.5) is 0 Å². The Balaban J connectivity index is 1.86. The van der Waals surface area contributed by atoms with Crippen LogP contribution in [0.15, 0.2) is 0 Å². The molecule has 0 aromatic carbocycles. The van der Waals surface area contributed by atoms with Crippen LogP contribution in [0, 0.1) is 5.92 Å². The van der Waals surface area contributed by atoms with Crippen molar-refractivity contribution in [1.29, 1.82) is 0 Å². The number of rotatable bonds is 5. The van der Waals surface area contributed by atoms with Gasteiger partial charge in [0.05, 0.1) is 6.04 Å². The lowest BCUT2D eigenvalue weighted by atomic mass is 9.98. The van der Waals surface area contributed by atoms with Gasteiger partial charge in [-0.3, -0.25) is 9.69 Å². The summed E-state index contributed by atoms with van der Waals surface area (Å²) >= 11 is 0. The van der Waals surface area contributed by atoms with Crippen LogP contribution in [0.2, 0.25) is 0 Å². The largest absolute Gasteiger partial charge is 0.341 e. The van der Waals surface area contributed by atoms with Crippen molar-refractivity contribution >= 4 is 5.91 Å². The van der Waals surface area contributed by atoms with Gasteiger partial charge in [0.25, 0.3) is 0 Å². The maximum Gasteiger partial charge on any atom is 0.239 e. The number of likely N-dealkylation sites (tertiary alicyclic amines) is 1. The summed E-state index contributed by atoms with van der Waals surface area (Å²) in [6.07, 6.45) is 4.93. The summed E-state index contributed by atoms with van der Waals surface area (Å²) < 4.78 is 0. The zero-order valence-electron chi connectivity index (χ0n) is 12.5. The Morgan fingerprint density at radius 3 is 2.68 bits per heavy atom. The minimum absolute atomic E-state index is 0.0463. The lowest BCUT2D eigenvalue weighted by Crippen LogP contribution is -2.49. The first kappa shape index (κ1) is 14.8. The Morgan fingerprint density at radius 1 is 1.37 bits per heavy atom. The number of carbonyl (C=O) groups excluding carboxylic acids is 1. The first-order valence-electron chi connectivity index (χ1n) is 7.96. The van der Waals surface area contributed by atoms with E-state index < -0.39 is 0 Å². The third-order valence-corrected chi connectivity index (χ3v) is 4.62. The number of amides is 1. The molecule has 2 aliphatic heterocycles. The molecule has 1 amide bonds. The minimum atomic E-state index is 0.0463. The van der Waals surface area contributed by atoms with Gasteiger partial charge in [-0.1, -0.05) is 6.92 Å². The summed E-state index contributed by atoms with van der Waals surface area (Å²) in [5.74, 6) is 1.05. The van der Waals surface area contributed by atoms with Crippen LogP contribution in [-0.4, -0.2) is 61.0 Å². The standard InChI is InChI=1S/C15H29N3O/c1-3-17(12-14-7-6-8-16-11-14)13(2)15(19)18-9-4-5-10-18/h13-14,16H,3-12H2,1-2H3. The molecule has 110 valence electrons. The molecule has 2 aliphatic rings. The summed E-state index contributed by atoms with van der Waals surface area (Å²) in [4.78, 5) is 16.9. The Morgan fingerprint density at radius 2 is 2.11 bits per heavy atom. The van der Waals surface area contributed by atoms with Gasteiger partial charge in [-0.05, 0) is 58.2 Å². The number of carbonyl (C=O) groups is 1. The fourth-order valence-corrected chi connectivity index (χ4v) is 3.33. The Kier molecular flexibility index (Phi) is 5.64. The summed E-state index contributed by atoms with van der Waals surface area (Å²) in [6, 6.07) is 0.0463. The molecule has 0 aromatic heterocycles. The Labute approximate surface area is 117 Å². The lowest BCUT2D eigenvalue weighted by molar-refractivity contribution is -0.135. The molecule has 0 radical (unpaired) electrons. The molecule has 0 saturated carbocycles. The summed E-state index contributed by atoms with van der Waals surface area (Å²) in [5, 5.41) is 3.47. The van der Waals surface area contributed by atoms with Crippen molar-refractivity contribution in [3.05, 3.63) is 0 Å². The molecule has 2 heterocycles. The second-order valence-electron chi connectivity index (χ2n) is 6.01. The van der Waals surface area contributed by atoms with Crippen LogP contribution in [0.1, 0.15) is 39.5 Å². The lowest BCUT2D eigenvalue weighted by Gasteiger charge is -2.34. The van der Waals surface area contributed by atoms with Crippen LogP contribution in [-0.2, 0) is 4.79 Å². The van der Waals surface area contributed by atoms with E-state index in [0.717, 1.165) is 39.3 Å². The van der Waals surface area contributed by atoms with E-state index >= 15 is 0 Å². The Hall–Kier alpha value is -0.610. The zero-order chi connectivity index (χ0) is 13.7. The number of hydrogen-bond donors (Lipinski definition) is 1. The zero-order valence-corrected chi connectivity index (χ0v) is 12.5. The van der Waals surface area contributed by atoms with Gasteiger partial charge >= 0.3 is 0 Å². The topological polar surface area (TPSA) is 35.6 Å². The number of likely N-dealkylation sites (N-methyl/N-ethyl adjacent to an activating group) is 1. The molecule has 0 aliphatic carbocycles. The fourth-order valence-electron chi connectivity index (χ4n) is 3.33. The predicted molar refractivity (Wildman–Crippen MR) is 78.1 cm³/mol. The Bertz CT molecular complexity index is 283. The van der Waals surface area contributed by atoms with E-state index in [2.05, 4.69) is 24.1 Å². The molecule has 2 saturated heterocycles. The molecule has 0 spiro atoms. The second kappa shape index (κ2) is 7.25. The van der Waals surface area contributed by atoms with Crippen LogP contribution in [0.5, 0.6) is 0 Å². The monoisotopic (exact) mass is 267 g/mol. The van der Waals surface area contributed by atoms with Crippen LogP contribution in [0.3, 0.4) is 0 Å². The highest BCUT2D eigenvalue weighted by Crippen LogP contribution is 2.16. The molecule has 2 atom stereocenters. The molecule has 19 heavy (non-hydrogen) atoms. The smallest absolute Gasteiger partial charge is 0.239 e. The van der Waals surface area contributed by atoms with Gasteiger partial charge < -0.3 is 10.2 Å². The highest BCUT2D eigenvalue weighted by atomic mass is 16.2. The van der Waals surface area contributed by atoms with E-state index in [9.17, 15) is 4.79 Å². The molecule has 1 N–H and O–H groups in total. The molecule has 2 fully saturated rings. The first-order chi connectivity index (χ1) is 9.22. The van der Waals surface area contributed by atoms with Crippen molar-refractivity contribution in [1.82, 2.24) is 15.1 Å². The van der Waals surface area contributed by atoms with E-state index in [0.29, 0.717) is 11.8 Å². The maximum atomic E-state index is 12.5. The van der Waals surface area contributed by atoms with Crippen molar-refractivity contribution in [2.24, 2.45) is 5.92 Å². The minimum Gasteiger partial charge on any atom is -0.341 e. The van der Waals surface area contributed by atoms with Gasteiger partial charge in [-0.25, -0.2) is 0 Å². The normalized spacial score (nSPS) is 25.8. The quantitative estimate of drug-likeness (QED) is 0.816. The summed E-state index contributed by atoms with van der Waals surface area (Å²) in [5.41, 5.74) is 0. The summed E-state index contributed by atoms with van der Waals surface area (Å²) in [6.45, 7) is 10.5. The van der Waals surface area contributed by atoms with E-state index in [-0.39, 0.29) is 6.04 Å². The van der Waals surface area contributed by atoms with Crippen LogP contribution in [0.25, 0.3) is 0 Å². The number of nitrogens with one attached hydrogen (secondary N) is 1. The molecule has 0 aromatic rings. The van der Waals surface area contributed by atoms with E-state index in [4.69, 9.17) is 0 Å². The summed E-state index contributed by atoms with van der Waals surface area (Å²) in [7, 11) is 0. The van der Waals surface area contributed by atoms with E-state index in [1.165, 1.54) is 25.7 Å². The van der Waals surface area contributed by atoms with Gasteiger partial charge in [0, 0.05) is 19.6 Å². The van der Waals surface area contributed by atoms with Gasteiger partial charge in [-0.15, -0.1) is 0 Å². The number of nitrogens with zero attached hydrogens (tertiary/aromatic N) is 2. The molecule has 4 heteroatoms. The second-order valence-corrected chi connectivity index (χ2v) is 6.01. The highest BCUT2D eigenvalue weighted by Gasteiger charge is 2.28. The third kappa shape index (κ3) is 3.93. The van der Waals surface area contributed by atoms with Gasteiger partial charge in [-0.2, -0.15) is 0 Å². The molecular formula is C15H29N3O. The van der Waals surface area contributed by atoms with E-state index in [1.807, 2.05) is 4.90 Å². The number of piperidine rings is 1. The molecule has 4 nitrogen and oxygen atoms in total. The van der Waals surface area contributed by atoms with Gasteiger partial charge in [0.1, 0.15) is 0 Å². The molecule has 2 unspecified atom stereocenters. The van der Waals surface area contributed by atoms with Crippen LogP contribution < -0.4 is 5.32 Å². The van der Waals surface area contributed by atoms with E-state index in [1.54, 1.807) is 0 Å². The third-order valence-electron chi connectivity index (χ3n) is 4.62. The highest BCUT2D eigenvalue weighted by molar-refractivity contribution is 5.81. The van der Waals surface area contributed by atoms with Crippen molar-refractivity contribution in [2.75, 3.05) is 39.3 Å². The first-order valence-corrected chi connectivity index (χ1v) is 7.96. The average Bonchev–Trinajstić information content (AvgIpc) is 2.98. The predicted octanol–water partition coefficient (Wildman–Crippen LogP) is 1.32. The van der Waals surface area contributed by atoms with Crippen LogP contribution >= 0.6 is 0 Å². The number of hydrogen-bond acceptors (Lipinski definition) is 3. The van der Waals surface area contributed by atoms with Gasteiger partial charge in [0.15, 0.2) is 0 Å².